The first-order chi connectivity index (χ1) is 21.4. The number of nitrogens with two attached hydrogens (primary N) is 1. The number of nitrogens with zero attached hydrogens (tertiary/aromatic N) is 3. The average Bonchev–Trinajstić information content (AvgIpc) is 3.05. The summed E-state index contributed by atoms with van der Waals surface area (Å²) in [7, 11) is 3.72. The van der Waals surface area contributed by atoms with Crippen LogP contribution in [-0.4, -0.2) is 94.2 Å². The maximum absolute atomic E-state index is 13.7. The fourth-order valence-electron chi connectivity index (χ4n) is 4.67. The number of amides is 4. The third-order valence-corrected chi connectivity index (χ3v) is 7.32. The Kier molecular flexibility index (Phi) is 12.0. The summed E-state index contributed by atoms with van der Waals surface area (Å²) in [6, 6.07) is 20.9. The van der Waals surface area contributed by atoms with Crippen LogP contribution in [0.15, 0.2) is 72.8 Å². The van der Waals surface area contributed by atoms with Gasteiger partial charge in [0.05, 0.1) is 30.2 Å². The van der Waals surface area contributed by atoms with E-state index in [0.717, 1.165) is 32.6 Å². The molecule has 11 nitrogen and oxygen atoms in total. The molecule has 0 spiro atoms. The SMILES string of the molecule is CN1CCN(C(=O)NCCCOc2ccccc2N(C)C(=O)c2ccccc2NC(=O)c2ccc(OCCCN)cc2)CC1. The van der Waals surface area contributed by atoms with Gasteiger partial charge >= 0.3 is 6.03 Å². The summed E-state index contributed by atoms with van der Waals surface area (Å²) in [6.07, 6.45) is 1.36. The minimum absolute atomic E-state index is 0.0565. The lowest BCUT2D eigenvalue weighted by atomic mass is 10.1. The lowest BCUT2D eigenvalue weighted by Crippen LogP contribution is -2.50. The third-order valence-electron chi connectivity index (χ3n) is 7.32. The minimum atomic E-state index is -0.343. The molecule has 3 aromatic carbocycles. The summed E-state index contributed by atoms with van der Waals surface area (Å²) < 4.78 is 11.6. The monoisotopic (exact) mass is 602 g/mol. The van der Waals surface area contributed by atoms with Crippen LogP contribution in [0, 0.1) is 0 Å². The Morgan fingerprint density at radius 3 is 2.30 bits per heavy atom. The quantitative estimate of drug-likeness (QED) is 0.255. The molecule has 4 amide bonds. The predicted octanol–water partition coefficient (Wildman–Crippen LogP) is 3.67. The molecule has 0 radical (unpaired) electrons. The van der Waals surface area contributed by atoms with Crippen LogP contribution in [0.2, 0.25) is 0 Å². The van der Waals surface area contributed by atoms with E-state index in [2.05, 4.69) is 22.6 Å². The zero-order valence-electron chi connectivity index (χ0n) is 25.5. The number of para-hydroxylation sites is 3. The second-order valence-corrected chi connectivity index (χ2v) is 10.6. The fourth-order valence-corrected chi connectivity index (χ4v) is 4.67. The third kappa shape index (κ3) is 8.95. The van der Waals surface area contributed by atoms with E-state index in [-0.39, 0.29) is 17.8 Å². The van der Waals surface area contributed by atoms with E-state index in [1.54, 1.807) is 67.7 Å². The second-order valence-electron chi connectivity index (χ2n) is 10.6. The molecule has 234 valence electrons. The number of hydrogen-bond donors (Lipinski definition) is 3. The average molecular weight is 603 g/mol. The van der Waals surface area contributed by atoms with E-state index in [4.69, 9.17) is 15.2 Å². The van der Waals surface area contributed by atoms with Crippen LogP contribution in [-0.2, 0) is 0 Å². The predicted molar refractivity (Wildman–Crippen MR) is 172 cm³/mol. The maximum atomic E-state index is 13.7. The summed E-state index contributed by atoms with van der Waals surface area (Å²) in [4.78, 5) is 44.6. The highest BCUT2D eigenvalue weighted by molar-refractivity contribution is 6.13. The topological polar surface area (TPSA) is 129 Å². The first-order valence-corrected chi connectivity index (χ1v) is 14.9. The van der Waals surface area contributed by atoms with Gasteiger partial charge in [-0.25, -0.2) is 4.79 Å². The Labute approximate surface area is 258 Å². The van der Waals surface area contributed by atoms with Gasteiger partial charge in [0.15, 0.2) is 0 Å². The number of carbonyl (C=O) groups excluding carboxylic acids is 3. The van der Waals surface area contributed by atoms with Gasteiger partial charge in [-0.3, -0.25) is 9.59 Å². The van der Waals surface area contributed by atoms with Crippen molar-refractivity contribution < 1.29 is 23.9 Å². The van der Waals surface area contributed by atoms with Gasteiger partial charge in [-0.15, -0.1) is 0 Å². The van der Waals surface area contributed by atoms with Gasteiger partial charge < -0.3 is 40.5 Å². The van der Waals surface area contributed by atoms with Gasteiger partial charge in [-0.2, -0.15) is 0 Å². The Morgan fingerprint density at radius 2 is 1.55 bits per heavy atom. The van der Waals surface area contributed by atoms with Crippen LogP contribution >= 0.6 is 0 Å². The van der Waals surface area contributed by atoms with Gasteiger partial charge in [0, 0.05) is 45.3 Å². The molecule has 1 saturated heterocycles. The van der Waals surface area contributed by atoms with Gasteiger partial charge in [0.25, 0.3) is 11.8 Å². The van der Waals surface area contributed by atoms with E-state index < -0.39 is 0 Å². The first-order valence-electron chi connectivity index (χ1n) is 14.9. The summed E-state index contributed by atoms with van der Waals surface area (Å²) in [5, 5.41) is 5.82. The van der Waals surface area contributed by atoms with Crippen molar-refractivity contribution >= 4 is 29.2 Å². The summed E-state index contributed by atoms with van der Waals surface area (Å²) in [6.45, 7) is 5.09. The van der Waals surface area contributed by atoms with Crippen LogP contribution in [0.4, 0.5) is 16.2 Å². The van der Waals surface area contributed by atoms with Crippen molar-refractivity contribution in [2.45, 2.75) is 12.8 Å². The first kappa shape index (κ1) is 32.3. The van der Waals surface area contributed by atoms with Crippen LogP contribution in [0.5, 0.6) is 11.5 Å². The van der Waals surface area contributed by atoms with Gasteiger partial charge in [0.1, 0.15) is 11.5 Å². The number of nitrogens with one attached hydrogen (secondary N) is 2. The molecule has 4 N–H and O–H groups in total. The van der Waals surface area contributed by atoms with Gasteiger partial charge in [-0.1, -0.05) is 24.3 Å². The van der Waals surface area contributed by atoms with Crippen molar-refractivity contribution in [3.63, 3.8) is 0 Å². The van der Waals surface area contributed by atoms with Crippen molar-refractivity contribution in [3.8, 4) is 11.5 Å². The molecule has 0 unspecified atom stereocenters. The lowest BCUT2D eigenvalue weighted by molar-refractivity contribution is 0.0993. The number of likely N-dealkylation sites (N-methyl/N-ethyl adjacent to an activating group) is 1. The number of urea groups is 1. The van der Waals surface area contributed by atoms with E-state index >= 15 is 0 Å². The molecule has 1 aliphatic rings. The number of anilines is 2. The summed E-state index contributed by atoms with van der Waals surface area (Å²) in [5.74, 6) is 0.553. The molecule has 3 aromatic rings. The largest absolute Gasteiger partial charge is 0.494 e. The molecule has 0 saturated carbocycles. The Hall–Kier alpha value is -4.61. The number of piperazine rings is 1. The lowest BCUT2D eigenvalue weighted by Gasteiger charge is -2.32. The van der Waals surface area contributed by atoms with Gasteiger partial charge in [0.2, 0.25) is 0 Å². The van der Waals surface area contributed by atoms with Crippen LogP contribution < -0.4 is 30.7 Å². The van der Waals surface area contributed by atoms with Crippen LogP contribution in [0.1, 0.15) is 33.6 Å². The number of hydrogen-bond acceptors (Lipinski definition) is 7. The number of benzene rings is 3. The minimum Gasteiger partial charge on any atom is -0.494 e. The summed E-state index contributed by atoms with van der Waals surface area (Å²) in [5.41, 5.74) is 7.26. The van der Waals surface area contributed by atoms with Crippen molar-refractivity contribution in [1.82, 2.24) is 15.1 Å². The number of ether oxygens (including phenoxy) is 2. The van der Waals surface area contributed by atoms with E-state index in [1.807, 2.05) is 17.0 Å². The Morgan fingerprint density at radius 1 is 0.864 bits per heavy atom. The molecule has 0 aliphatic carbocycles. The standard InChI is InChI=1S/C33H42N6O5/c1-37-19-21-39(22-20-37)33(42)35-18-8-24-44-30-12-6-5-11-29(30)38(2)32(41)27-9-3-4-10-28(27)36-31(40)25-13-15-26(16-14-25)43-23-7-17-34/h3-6,9-16H,7-8,17-24,34H2,1-2H3,(H,35,42)(H,36,40). The normalized spacial score (nSPS) is 13.2. The molecule has 1 heterocycles. The Balaban J connectivity index is 1.33. The molecule has 0 bridgehead atoms. The summed E-state index contributed by atoms with van der Waals surface area (Å²) >= 11 is 0. The zero-order valence-corrected chi connectivity index (χ0v) is 25.5. The second kappa shape index (κ2) is 16.3. The van der Waals surface area contributed by atoms with Crippen molar-refractivity contribution in [2.24, 2.45) is 5.73 Å². The molecular formula is C33H42N6O5. The number of carbonyl (C=O) groups is 3. The van der Waals surface area contributed by atoms with Crippen molar-refractivity contribution in [3.05, 3.63) is 83.9 Å². The van der Waals surface area contributed by atoms with Crippen LogP contribution in [0.25, 0.3) is 0 Å². The molecule has 0 atom stereocenters. The highest BCUT2D eigenvalue weighted by atomic mass is 16.5. The molecule has 4 rings (SSSR count). The van der Waals surface area contributed by atoms with Crippen molar-refractivity contribution in [2.75, 3.05) is 76.8 Å². The Bertz CT molecular complexity index is 1390. The van der Waals surface area contributed by atoms with E-state index in [0.29, 0.717) is 66.7 Å². The molecule has 0 aromatic heterocycles. The van der Waals surface area contributed by atoms with Crippen LogP contribution in [0.3, 0.4) is 0 Å². The van der Waals surface area contributed by atoms with E-state index in [9.17, 15) is 14.4 Å². The van der Waals surface area contributed by atoms with E-state index in [1.165, 1.54) is 4.90 Å². The molecule has 11 heteroatoms. The maximum Gasteiger partial charge on any atom is 0.317 e. The molecule has 44 heavy (non-hydrogen) atoms. The molecular weight excluding hydrogens is 560 g/mol. The zero-order chi connectivity index (χ0) is 31.3. The van der Waals surface area contributed by atoms with Crippen molar-refractivity contribution in [1.29, 1.82) is 0 Å². The fraction of sp³-hybridized carbons (Fsp3) is 0.364. The number of rotatable bonds is 13. The van der Waals surface area contributed by atoms with Gasteiger partial charge in [-0.05, 0) is 75.0 Å². The highest BCUT2D eigenvalue weighted by Gasteiger charge is 2.21. The molecule has 1 aliphatic heterocycles. The molecule has 1 fully saturated rings. The highest BCUT2D eigenvalue weighted by Crippen LogP contribution is 2.30. The smallest absolute Gasteiger partial charge is 0.317 e.